The van der Waals surface area contributed by atoms with E-state index in [1.165, 1.54) is 12.8 Å². The van der Waals surface area contributed by atoms with E-state index in [-0.39, 0.29) is 0 Å². The van der Waals surface area contributed by atoms with Gasteiger partial charge in [-0.1, -0.05) is 24.9 Å². The van der Waals surface area contributed by atoms with E-state index in [9.17, 15) is 0 Å². The highest BCUT2D eigenvalue weighted by Gasteiger charge is 2.09. The summed E-state index contributed by atoms with van der Waals surface area (Å²) in [6.45, 7) is 6.05. The van der Waals surface area contributed by atoms with Crippen LogP contribution >= 0.6 is 11.6 Å². The molecule has 126 valence electrons. The van der Waals surface area contributed by atoms with Crippen LogP contribution in [0.1, 0.15) is 25.5 Å². The lowest BCUT2D eigenvalue weighted by atomic mass is 10.3. The maximum absolute atomic E-state index is 6.03. The molecule has 22 heavy (non-hydrogen) atoms. The minimum atomic E-state index is 0.770. The minimum absolute atomic E-state index is 0.770. The molecule has 0 unspecified atom stereocenters. The van der Waals surface area contributed by atoms with Crippen LogP contribution in [0.4, 0.5) is 0 Å². The number of halogens is 1. The van der Waals surface area contributed by atoms with Gasteiger partial charge in [0.1, 0.15) is 0 Å². The maximum Gasteiger partial charge on any atom is 0.193 e. The zero-order chi connectivity index (χ0) is 16.5. The molecule has 0 amide bonds. The van der Waals surface area contributed by atoms with Crippen molar-refractivity contribution in [1.29, 1.82) is 0 Å². The quantitative estimate of drug-likeness (QED) is 0.588. The molecule has 5 nitrogen and oxygen atoms in total. The van der Waals surface area contributed by atoms with Gasteiger partial charge in [-0.2, -0.15) is 0 Å². The first-order valence-corrected chi connectivity index (χ1v) is 8.26. The Morgan fingerprint density at radius 3 is 2.64 bits per heavy atom. The van der Waals surface area contributed by atoms with Gasteiger partial charge in [-0.25, -0.2) is 0 Å². The van der Waals surface area contributed by atoms with Crippen molar-refractivity contribution in [1.82, 2.24) is 19.7 Å². The number of unbranched alkanes of at least 4 members (excludes halogenated alkanes) is 1. The zero-order valence-electron chi connectivity index (χ0n) is 14.6. The number of nitrogens with zero attached hydrogens (tertiary/aromatic N) is 4. The summed E-state index contributed by atoms with van der Waals surface area (Å²) in [5.74, 6) is 0.904. The molecule has 0 aliphatic rings. The third kappa shape index (κ3) is 6.28. The molecule has 0 saturated heterocycles. The molecule has 1 heterocycles. The molecule has 1 aromatic rings. The highest BCUT2D eigenvalue weighted by Crippen LogP contribution is 2.14. The Hall–Kier alpha value is -1.20. The first-order chi connectivity index (χ1) is 10.5. The molecule has 0 atom stereocenters. The number of hydrogen-bond acceptors (Lipinski definition) is 2. The third-order valence-electron chi connectivity index (χ3n) is 3.72. The largest absolute Gasteiger partial charge is 0.355 e. The average Bonchev–Trinajstić information content (AvgIpc) is 2.79. The molecule has 0 fully saturated rings. The van der Waals surface area contributed by atoms with Crippen molar-refractivity contribution in [3.8, 4) is 0 Å². The second-order valence-corrected chi connectivity index (χ2v) is 6.18. The van der Waals surface area contributed by atoms with Crippen LogP contribution in [-0.2, 0) is 13.6 Å². The van der Waals surface area contributed by atoms with Gasteiger partial charge in [0.05, 0.1) is 11.6 Å². The summed E-state index contributed by atoms with van der Waals surface area (Å²) < 4.78 is 2.05. The van der Waals surface area contributed by atoms with Crippen molar-refractivity contribution >= 4 is 17.6 Å². The highest BCUT2D eigenvalue weighted by molar-refractivity contribution is 6.30. The Morgan fingerprint density at radius 1 is 1.36 bits per heavy atom. The maximum atomic E-state index is 6.03. The minimum Gasteiger partial charge on any atom is -0.355 e. The number of rotatable bonds is 8. The van der Waals surface area contributed by atoms with E-state index < -0.39 is 0 Å². The number of nitrogens with one attached hydrogen (secondary N) is 1. The van der Waals surface area contributed by atoms with Gasteiger partial charge in [-0.05, 0) is 26.1 Å². The molecule has 1 rings (SSSR count). The normalized spacial score (nSPS) is 12.0. The van der Waals surface area contributed by atoms with Crippen LogP contribution in [0.5, 0.6) is 0 Å². The van der Waals surface area contributed by atoms with Gasteiger partial charge < -0.3 is 19.7 Å². The molecule has 0 spiro atoms. The van der Waals surface area contributed by atoms with E-state index in [0.29, 0.717) is 0 Å². The van der Waals surface area contributed by atoms with Crippen LogP contribution in [-0.4, -0.2) is 61.1 Å². The van der Waals surface area contributed by atoms with Gasteiger partial charge in [0, 0.05) is 46.1 Å². The van der Waals surface area contributed by atoms with Crippen molar-refractivity contribution in [3.63, 3.8) is 0 Å². The van der Waals surface area contributed by atoms with E-state index in [4.69, 9.17) is 11.6 Å². The zero-order valence-corrected chi connectivity index (χ0v) is 15.3. The molecule has 6 heteroatoms. The number of likely N-dealkylation sites (N-methyl/N-ethyl adjacent to an activating group) is 1. The Bertz CT molecular complexity index is 469. The van der Waals surface area contributed by atoms with Gasteiger partial charge in [0.2, 0.25) is 0 Å². The summed E-state index contributed by atoms with van der Waals surface area (Å²) in [6.07, 6.45) is 4.41. The molecule has 1 N–H and O–H groups in total. The van der Waals surface area contributed by atoms with Crippen molar-refractivity contribution < 1.29 is 0 Å². The first-order valence-electron chi connectivity index (χ1n) is 7.89. The molecule has 0 aliphatic carbocycles. The highest BCUT2D eigenvalue weighted by atomic mass is 35.5. The third-order valence-corrected chi connectivity index (χ3v) is 3.92. The number of guanidine groups is 1. The Morgan fingerprint density at radius 2 is 2.09 bits per heavy atom. The Balaban J connectivity index is 2.42. The summed E-state index contributed by atoms with van der Waals surface area (Å²) in [5, 5.41) is 4.18. The first kappa shape index (κ1) is 18.8. The summed E-state index contributed by atoms with van der Waals surface area (Å²) >= 11 is 6.03. The van der Waals surface area contributed by atoms with Crippen LogP contribution < -0.4 is 5.32 Å². The fourth-order valence-corrected chi connectivity index (χ4v) is 2.60. The molecule has 0 aliphatic heterocycles. The molecule has 1 aromatic heterocycles. The van der Waals surface area contributed by atoms with E-state index in [1.807, 2.05) is 38.0 Å². The van der Waals surface area contributed by atoms with Crippen molar-refractivity contribution in [2.45, 2.75) is 26.3 Å². The van der Waals surface area contributed by atoms with Crippen molar-refractivity contribution in [2.24, 2.45) is 12.0 Å². The van der Waals surface area contributed by atoms with Crippen LogP contribution in [0.25, 0.3) is 0 Å². The molecule has 0 aromatic carbocycles. The molecule has 0 saturated carbocycles. The predicted octanol–water partition coefficient (Wildman–Crippen LogP) is 2.42. The molecular formula is C16H30ClN5. The van der Waals surface area contributed by atoms with Gasteiger partial charge >= 0.3 is 0 Å². The van der Waals surface area contributed by atoms with E-state index in [2.05, 4.69) is 34.1 Å². The Kier molecular flexibility index (Phi) is 8.35. The number of hydrogen-bond donors (Lipinski definition) is 1. The fourth-order valence-electron chi connectivity index (χ4n) is 2.32. The van der Waals surface area contributed by atoms with Gasteiger partial charge in [-0.3, -0.25) is 4.99 Å². The van der Waals surface area contributed by atoms with Crippen LogP contribution in [0.3, 0.4) is 0 Å². The van der Waals surface area contributed by atoms with E-state index in [1.54, 1.807) is 0 Å². The van der Waals surface area contributed by atoms with Crippen LogP contribution in [0.2, 0.25) is 5.02 Å². The van der Waals surface area contributed by atoms with Crippen molar-refractivity contribution in [3.05, 3.63) is 23.0 Å². The molecule has 0 radical (unpaired) electrons. The number of aryl methyl sites for hydroxylation is 1. The smallest absolute Gasteiger partial charge is 0.193 e. The summed E-state index contributed by atoms with van der Waals surface area (Å²) in [5.41, 5.74) is 1.16. The van der Waals surface area contributed by atoms with E-state index in [0.717, 1.165) is 42.9 Å². The second-order valence-electron chi connectivity index (χ2n) is 5.75. The lowest BCUT2D eigenvalue weighted by Gasteiger charge is -2.23. The average molecular weight is 328 g/mol. The lowest BCUT2D eigenvalue weighted by molar-refractivity contribution is 0.329. The monoisotopic (exact) mass is 327 g/mol. The second kappa shape index (κ2) is 9.74. The lowest BCUT2D eigenvalue weighted by Crippen LogP contribution is -2.42. The summed E-state index contributed by atoms with van der Waals surface area (Å²) in [6, 6.07) is 1.99. The van der Waals surface area contributed by atoms with E-state index >= 15 is 0 Å². The number of aliphatic imine (C=N–C) groups is 1. The Labute approximate surface area is 139 Å². The summed E-state index contributed by atoms with van der Waals surface area (Å²) in [7, 11) is 8.03. The van der Waals surface area contributed by atoms with Gasteiger partial charge in [0.15, 0.2) is 5.96 Å². The molecular weight excluding hydrogens is 298 g/mol. The van der Waals surface area contributed by atoms with Gasteiger partial charge in [-0.15, -0.1) is 0 Å². The topological polar surface area (TPSA) is 35.8 Å². The fraction of sp³-hybridized carbons (Fsp3) is 0.688. The van der Waals surface area contributed by atoms with Crippen LogP contribution in [0.15, 0.2) is 17.3 Å². The summed E-state index contributed by atoms with van der Waals surface area (Å²) in [4.78, 5) is 8.81. The van der Waals surface area contributed by atoms with Gasteiger partial charge in [0.25, 0.3) is 0 Å². The SMILES string of the molecule is CCCCN(C)CCNC(=NC)N(C)Cc1cc(Cl)cn1C. The standard InChI is InChI=1S/C16H30ClN5/c1-6-7-9-20(3)10-8-19-16(18-2)22(5)13-15-11-14(17)12-21(15)4/h11-12H,6-10,13H2,1-5H3,(H,18,19). The number of aromatic nitrogens is 1. The van der Waals surface area contributed by atoms with Crippen molar-refractivity contribution in [2.75, 3.05) is 40.8 Å². The predicted molar refractivity (Wildman–Crippen MR) is 95.7 cm³/mol. The van der Waals surface area contributed by atoms with Crippen LogP contribution in [0, 0.1) is 0 Å². The molecule has 0 bridgehead atoms.